The first-order valence-electron chi connectivity index (χ1n) is 7.40. The molecule has 104 valence electrons. The van der Waals surface area contributed by atoms with Gasteiger partial charge in [0.25, 0.3) is 0 Å². The Balaban J connectivity index is 1.88. The van der Waals surface area contributed by atoms with Crippen LogP contribution < -0.4 is 0 Å². The zero-order valence-electron chi connectivity index (χ0n) is 11.5. The lowest BCUT2D eigenvalue weighted by Gasteiger charge is -2.36. The molecule has 0 bridgehead atoms. The molecule has 1 amide bonds. The average molecular weight is 254 g/mol. The highest BCUT2D eigenvalue weighted by Gasteiger charge is 2.32. The Morgan fingerprint density at radius 1 is 1.33 bits per heavy atom. The number of rotatable bonds is 6. The van der Waals surface area contributed by atoms with E-state index in [9.17, 15) is 4.79 Å². The van der Waals surface area contributed by atoms with Crippen molar-refractivity contribution in [3.05, 3.63) is 0 Å². The van der Waals surface area contributed by atoms with Gasteiger partial charge in [-0.3, -0.25) is 9.69 Å². The third-order valence-electron chi connectivity index (χ3n) is 4.21. The summed E-state index contributed by atoms with van der Waals surface area (Å²) in [6, 6.07) is 0.993. The summed E-state index contributed by atoms with van der Waals surface area (Å²) in [5.74, 6) is 0.266. The summed E-state index contributed by atoms with van der Waals surface area (Å²) in [5.41, 5.74) is 0. The van der Waals surface area contributed by atoms with Gasteiger partial charge < -0.3 is 10.0 Å². The lowest BCUT2D eigenvalue weighted by Crippen LogP contribution is -2.48. The maximum Gasteiger partial charge on any atom is 0.237 e. The molecule has 0 radical (unpaired) electrons. The van der Waals surface area contributed by atoms with Crippen LogP contribution in [0.5, 0.6) is 0 Å². The highest BCUT2D eigenvalue weighted by molar-refractivity contribution is 5.78. The molecule has 18 heavy (non-hydrogen) atoms. The van der Waals surface area contributed by atoms with Crippen molar-refractivity contribution in [2.75, 3.05) is 26.2 Å². The van der Waals surface area contributed by atoms with Gasteiger partial charge in [0.2, 0.25) is 5.91 Å². The SMILES string of the molecule is CCC1CCCCN1C(=O)CN(CCO)C1CC1. The molecule has 2 aliphatic rings. The second-order valence-electron chi connectivity index (χ2n) is 5.57. The molecule has 1 unspecified atom stereocenters. The Bertz CT molecular complexity index is 279. The number of likely N-dealkylation sites (tertiary alicyclic amines) is 1. The number of piperidine rings is 1. The van der Waals surface area contributed by atoms with Gasteiger partial charge in [-0.05, 0) is 38.5 Å². The number of aliphatic hydroxyl groups is 1. The van der Waals surface area contributed by atoms with E-state index in [-0.39, 0.29) is 12.5 Å². The molecule has 1 atom stereocenters. The smallest absolute Gasteiger partial charge is 0.237 e. The fraction of sp³-hybridized carbons (Fsp3) is 0.929. The second kappa shape index (κ2) is 6.53. The van der Waals surface area contributed by atoms with E-state index < -0.39 is 0 Å². The minimum atomic E-state index is 0.154. The van der Waals surface area contributed by atoms with Gasteiger partial charge in [0.1, 0.15) is 0 Å². The van der Waals surface area contributed by atoms with Crippen LogP contribution in [0.2, 0.25) is 0 Å². The standard InChI is InChI=1S/C14H26N2O2/c1-2-12-5-3-4-8-16(12)14(18)11-15(9-10-17)13-6-7-13/h12-13,17H,2-11H2,1H3. The summed E-state index contributed by atoms with van der Waals surface area (Å²) in [4.78, 5) is 16.6. The van der Waals surface area contributed by atoms with E-state index in [1.54, 1.807) is 0 Å². The van der Waals surface area contributed by atoms with Gasteiger partial charge in [0, 0.05) is 25.2 Å². The summed E-state index contributed by atoms with van der Waals surface area (Å²) < 4.78 is 0. The van der Waals surface area contributed by atoms with Crippen molar-refractivity contribution in [2.24, 2.45) is 0 Å². The molecule has 1 saturated heterocycles. The van der Waals surface area contributed by atoms with E-state index in [1.165, 1.54) is 19.3 Å². The van der Waals surface area contributed by atoms with Crippen LogP contribution in [0, 0.1) is 0 Å². The summed E-state index contributed by atoms with van der Waals surface area (Å²) in [7, 11) is 0. The van der Waals surface area contributed by atoms with E-state index in [1.807, 2.05) is 0 Å². The van der Waals surface area contributed by atoms with Crippen LogP contribution in [0.15, 0.2) is 0 Å². The molecule has 4 heteroatoms. The van der Waals surface area contributed by atoms with E-state index in [0.29, 0.717) is 25.2 Å². The van der Waals surface area contributed by atoms with Crippen LogP contribution in [0.4, 0.5) is 0 Å². The number of amides is 1. The number of aliphatic hydroxyl groups excluding tert-OH is 1. The van der Waals surface area contributed by atoms with Gasteiger partial charge >= 0.3 is 0 Å². The lowest BCUT2D eigenvalue weighted by molar-refractivity contribution is -0.136. The van der Waals surface area contributed by atoms with E-state index in [4.69, 9.17) is 5.11 Å². The van der Waals surface area contributed by atoms with Gasteiger partial charge in [0.05, 0.1) is 13.2 Å². The molecule has 0 aromatic rings. The number of carbonyl (C=O) groups is 1. The summed E-state index contributed by atoms with van der Waals surface area (Å²) in [6.45, 7) is 4.39. The van der Waals surface area contributed by atoms with Crippen molar-refractivity contribution in [1.29, 1.82) is 0 Å². The van der Waals surface area contributed by atoms with Crippen molar-refractivity contribution in [3.8, 4) is 0 Å². The van der Waals surface area contributed by atoms with Crippen molar-refractivity contribution in [1.82, 2.24) is 9.80 Å². The topological polar surface area (TPSA) is 43.8 Å². The quantitative estimate of drug-likeness (QED) is 0.775. The molecule has 0 aromatic carbocycles. The predicted octanol–water partition coefficient (Wildman–Crippen LogP) is 1.23. The first-order valence-corrected chi connectivity index (χ1v) is 7.40. The van der Waals surface area contributed by atoms with Gasteiger partial charge in [0.15, 0.2) is 0 Å². The zero-order chi connectivity index (χ0) is 13.0. The highest BCUT2D eigenvalue weighted by atomic mass is 16.3. The third-order valence-corrected chi connectivity index (χ3v) is 4.21. The Hall–Kier alpha value is -0.610. The molecular weight excluding hydrogens is 228 g/mol. The molecule has 1 N–H and O–H groups in total. The van der Waals surface area contributed by atoms with Crippen molar-refractivity contribution >= 4 is 5.91 Å². The van der Waals surface area contributed by atoms with Crippen LogP contribution in [0.25, 0.3) is 0 Å². The van der Waals surface area contributed by atoms with Gasteiger partial charge in [-0.15, -0.1) is 0 Å². The van der Waals surface area contributed by atoms with Crippen LogP contribution in [-0.2, 0) is 4.79 Å². The second-order valence-corrected chi connectivity index (χ2v) is 5.57. The highest BCUT2D eigenvalue weighted by Crippen LogP contribution is 2.27. The van der Waals surface area contributed by atoms with Crippen molar-refractivity contribution in [2.45, 2.75) is 57.5 Å². The fourth-order valence-corrected chi connectivity index (χ4v) is 2.98. The molecule has 4 nitrogen and oxygen atoms in total. The molecule has 1 aliphatic carbocycles. The third kappa shape index (κ3) is 3.45. The summed E-state index contributed by atoms with van der Waals surface area (Å²) in [6.07, 6.45) is 6.99. The first kappa shape index (κ1) is 13.8. The monoisotopic (exact) mass is 254 g/mol. The minimum absolute atomic E-state index is 0.154. The molecule has 1 aliphatic heterocycles. The Labute approximate surface area is 110 Å². The summed E-state index contributed by atoms with van der Waals surface area (Å²) in [5, 5.41) is 9.07. The van der Waals surface area contributed by atoms with Gasteiger partial charge in [-0.25, -0.2) is 0 Å². The van der Waals surface area contributed by atoms with Gasteiger partial charge in [-0.1, -0.05) is 6.92 Å². The lowest BCUT2D eigenvalue weighted by atomic mass is 10.00. The van der Waals surface area contributed by atoms with Crippen LogP contribution in [0.1, 0.15) is 45.4 Å². The van der Waals surface area contributed by atoms with Gasteiger partial charge in [-0.2, -0.15) is 0 Å². The maximum atomic E-state index is 12.4. The molecule has 1 saturated carbocycles. The fourth-order valence-electron chi connectivity index (χ4n) is 2.98. The van der Waals surface area contributed by atoms with E-state index in [2.05, 4.69) is 16.7 Å². The average Bonchev–Trinajstić information content (AvgIpc) is 3.22. The predicted molar refractivity (Wildman–Crippen MR) is 71.3 cm³/mol. The maximum absolute atomic E-state index is 12.4. The van der Waals surface area contributed by atoms with E-state index >= 15 is 0 Å². The number of hydrogen-bond acceptors (Lipinski definition) is 3. The minimum Gasteiger partial charge on any atom is -0.395 e. The molecule has 1 heterocycles. The molecule has 2 rings (SSSR count). The van der Waals surface area contributed by atoms with Crippen LogP contribution in [-0.4, -0.2) is 59.1 Å². The first-order chi connectivity index (χ1) is 8.76. The summed E-state index contributed by atoms with van der Waals surface area (Å²) >= 11 is 0. The van der Waals surface area contributed by atoms with Crippen LogP contribution >= 0.6 is 0 Å². The molecule has 2 fully saturated rings. The Morgan fingerprint density at radius 2 is 2.11 bits per heavy atom. The molecule has 0 spiro atoms. The van der Waals surface area contributed by atoms with Crippen molar-refractivity contribution < 1.29 is 9.90 Å². The number of carbonyl (C=O) groups excluding carboxylic acids is 1. The normalized spacial score (nSPS) is 24.6. The number of hydrogen-bond donors (Lipinski definition) is 1. The zero-order valence-corrected chi connectivity index (χ0v) is 11.5. The Kier molecular flexibility index (Phi) is 5.01. The van der Waals surface area contributed by atoms with E-state index in [0.717, 1.165) is 25.8 Å². The van der Waals surface area contributed by atoms with Crippen molar-refractivity contribution in [3.63, 3.8) is 0 Å². The van der Waals surface area contributed by atoms with Crippen LogP contribution in [0.3, 0.4) is 0 Å². The number of nitrogens with zero attached hydrogens (tertiary/aromatic N) is 2. The molecular formula is C14H26N2O2. The Morgan fingerprint density at radius 3 is 2.72 bits per heavy atom. The largest absolute Gasteiger partial charge is 0.395 e. The molecule has 0 aromatic heterocycles.